The quantitative estimate of drug-likeness (QED) is 0.794. The second-order valence-corrected chi connectivity index (χ2v) is 5.56. The Labute approximate surface area is 128 Å². The van der Waals surface area contributed by atoms with Gasteiger partial charge in [-0.3, -0.25) is 0 Å². The fraction of sp³-hybridized carbons (Fsp3) is 0.500. The molecular formula is C18H27N3. The van der Waals surface area contributed by atoms with Crippen molar-refractivity contribution in [1.29, 1.82) is 0 Å². The zero-order chi connectivity index (χ0) is 15.1. The summed E-state index contributed by atoms with van der Waals surface area (Å²) in [7, 11) is 0. The van der Waals surface area contributed by atoms with E-state index in [1.54, 1.807) is 0 Å². The predicted molar refractivity (Wildman–Crippen MR) is 91.7 cm³/mol. The molecule has 0 aliphatic carbocycles. The average molecular weight is 285 g/mol. The van der Waals surface area contributed by atoms with E-state index in [0.29, 0.717) is 6.54 Å². The molecule has 3 heteroatoms. The van der Waals surface area contributed by atoms with Crippen LogP contribution in [-0.2, 0) is 6.54 Å². The van der Waals surface area contributed by atoms with Crippen LogP contribution >= 0.6 is 0 Å². The second-order valence-electron chi connectivity index (χ2n) is 5.56. The van der Waals surface area contributed by atoms with Crippen LogP contribution in [0.2, 0.25) is 0 Å². The number of nitrogens with two attached hydrogens (primary N) is 1. The van der Waals surface area contributed by atoms with Crippen LogP contribution < -0.4 is 10.6 Å². The maximum absolute atomic E-state index is 5.97. The van der Waals surface area contributed by atoms with E-state index in [1.165, 1.54) is 31.1 Å². The highest BCUT2D eigenvalue weighted by atomic mass is 15.2. The molecule has 0 aliphatic heterocycles. The van der Waals surface area contributed by atoms with Crippen LogP contribution in [0.1, 0.15) is 45.1 Å². The SMILES string of the molecule is CCCCN(CCCC)c1nc2ccccc2cc1CN. The highest BCUT2D eigenvalue weighted by molar-refractivity contribution is 5.81. The lowest BCUT2D eigenvalue weighted by atomic mass is 10.1. The zero-order valence-corrected chi connectivity index (χ0v) is 13.3. The van der Waals surface area contributed by atoms with Crippen molar-refractivity contribution >= 4 is 16.7 Å². The summed E-state index contributed by atoms with van der Waals surface area (Å²) < 4.78 is 0. The maximum Gasteiger partial charge on any atom is 0.133 e. The molecule has 0 saturated carbocycles. The summed E-state index contributed by atoms with van der Waals surface area (Å²) in [5.74, 6) is 1.08. The minimum absolute atomic E-state index is 0.544. The number of benzene rings is 1. The van der Waals surface area contributed by atoms with Gasteiger partial charge in [-0.2, -0.15) is 0 Å². The summed E-state index contributed by atoms with van der Waals surface area (Å²) in [5, 5.41) is 1.17. The largest absolute Gasteiger partial charge is 0.356 e. The lowest BCUT2D eigenvalue weighted by molar-refractivity contribution is 0.669. The molecule has 0 unspecified atom stereocenters. The third-order valence-electron chi connectivity index (χ3n) is 3.86. The molecule has 21 heavy (non-hydrogen) atoms. The van der Waals surface area contributed by atoms with Crippen molar-refractivity contribution in [2.75, 3.05) is 18.0 Å². The molecule has 0 fully saturated rings. The van der Waals surface area contributed by atoms with Gasteiger partial charge in [-0.15, -0.1) is 0 Å². The topological polar surface area (TPSA) is 42.2 Å². The lowest BCUT2D eigenvalue weighted by Crippen LogP contribution is -2.28. The van der Waals surface area contributed by atoms with Gasteiger partial charge in [0.2, 0.25) is 0 Å². The first-order valence-corrected chi connectivity index (χ1v) is 8.13. The molecule has 0 radical (unpaired) electrons. The second kappa shape index (κ2) is 7.99. The molecule has 0 amide bonds. The van der Waals surface area contributed by atoms with Crippen molar-refractivity contribution in [3.8, 4) is 0 Å². The zero-order valence-electron chi connectivity index (χ0n) is 13.3. The van der Waals surface area contributed by atoms with Crippen LogP contribution in [0, 0.1) is 0 Å². The molecule has 0 aliphatic rings. The average Bonchev–Trinajstić information content (AvgIpc) is 2.54. The van der Waals surface area contributed by atoms with E-state index in [4.69, 9.17) is 10.7 Å². The Morgan fingerprint density at radius 3 is 2.33 bits per heavy atom. The van der Waals surface area contributed by atoms with Gasteiger partial charge < -0.3 is 10.6 Å². The molecule has 114 valence electrons. The molecule has 2 N–H and O–H groups in total. The molecule has 1 aromatic heterocycles. The van der Waals surface area contributed by atoms with Crippen LogP contribution in [-0.4, -0.2) is 18.1 Å². The van der Waals surface area contributed by atoms with E-state index in [0.717, 1.165) is 30.0 Å². The Hall–Kier alpha value is -1.61. The van der Waals surface area contributed by atoms with Crippen molar-refractivity contribution in [2.45, 2.75) is 46.1 Å². The van der Waals surface area contributed by atoms with Crippen LogP contribution in [0.5, 0.6) is 0 Å². The minimum Gasteiger partial charge on any atom is -0.356 e. The van der Waals surface area contributed by atoms with E-state index < -0.39 is 0 Å². The fourth-order valence-electron chi connectivity index (χ4n) is 2.60. The van der Waals surface area contributed by atoms with Gasteiger partial charge in [-0.25, -0.2) is 4.98 Å². The van der Waals surface area contributed by atoms with E-state index in [9.17, 15) is 0 Å². The summed E-state index contributed by atoms with van der Waals surface area (Å²) in [5.41, 5.74) is 8.18. The number of hydrogen-bond donors (Lipinski definition) is 1. The van der Waals surface area contributed by atoms with Crippen molar-refractivity contribution in [1.82, 2.24) is 4.98 Å². The van der Waals surface area contributed by atoms with Crippen LogP contribution in [0.15, 0.2) is 30.3 Å². The normalized spacial score (nSPS) is 11.0. The molecule has 2 rings (SSSR count). The van der Waals surface area contributed by atoms with Gasteiger partial charge >= 0.3 is 0 Å². The van der Waals surface area contributed by atoms with E-state index in [1.807, 2.05) is 6.07 Å². The summed E-state index contributed by atoms with van der Waals surface area (Å²) in [4.78, 5) is 7.32. The van der Waals surface area contributed by atoms with Crippen molar-refractivity contribution in [3.63, 3.8) is 0 Å². The number of rotatable bonds is 8. The first kappa shape index (κ1) is 15.8. The van der Waals surface area contributed by atoms with Gasteiger partial charge in [-0.05, 0) is 25.0 Å². The summed E-state index contributed by atoms with van der Waals surface area (Å²) in [6, 6.07) is 10.5. The highest BCUT2D eigenvalue weighted by Crippen LogP contribution is 2.24. The van der Waals surface area contributed by atoms with Crippen LogP contribution in [0.4, 0.5) is 5.82 Å². The van der Waals surface area contributed by atoms with E-state index in [-0.39, 0.29) is 0 Å². The number of nitrogens with zero attached hydrogens (tertiary/aromatic N) is 2. The standard InChI is InChI=1S/C18H27N3/c1-3-5-11-21(12-6-4-2)18-16(14-19)13-15-9-7-8-10-17(15)20-18/h7-10,13H,3-6,11-12,14,19H2,1-2H3. The molecular weight excluding hydrogens is 258 g/mol. The Morgan fingerprint density at radius 1 is 1.05 bits per heavy atom. The number of hydrogen-bond acceptors (Lipinski definition) is 3. The number of unbranched alkanes of at least 4 members (excludes halogenated alkanes) is 2. The molecule has 0 saturated heterocycles. The third kappa shape index (κ3) is 3.94. The van der Waals surface area contributed by atoms with Gasteiger partial charge in [0.15, 0.2) is 0 Å². The molecule has 1 aromatic carbocycles. The van der Waals surface area contributed by atoms with E-state index in [2.05, 4.69) is 43.0 Å². The van der Waals surface area contributed by atoms with Gasteiger partial charge in [0.1, 0.15) is 5.82 Å². The number of anilines is 1. The molecule has 2 aromatic rings. The van der Waals surface area contributed by atoms with Gasteiger partial charge in [0.05, 0.1) is 5.52 Å². The number of para-hydroxylation sites is 1. The Morgan fingerprint density at radius 2 is 1.71 bits per heavy atom. The summed E-state index contributed by atoms with van der Waals surface area (Å²) in [6.07, 6.45) is 4.80. The van der Waals surface area contributed by atoms with Crippen LogP contribution in [0.25, 0.3) is 10.9 Å². The molecule has 0 bridgehead atoms. The Balaban J connectivity index is 2.38. The highest BCUT2D eigenvalue weighted by Gasteiger charge is 2.13. The smallest absolute Gasteiger partial charge is 0.133 e. The Bertz CT molecular complexity index is 557. The number of aromatic nitrogens is 1. The lowest BCUT2D eigenvalue weighted by Gasteiger charge is -2.26. The van der Waals surface area contributed by atoms with Crippen molar-refractivity contribution in [2.24, 2.45) is 5.73 Å². The molecule has 3 nitrogen and oxygen atoms in total. The van der Waals surface area contributed by atoms with Gasteiger partial charge in [0, 0.05) is 30.6 Å². The number of fused-ring (bicyclic) bond motifs is 1. The van der Waals surface area contributed by atoms with E-state index >= 15 is 0 Å². The third-order valence-corrected chi connectivity index (χ3v) is 3.86. The van der Waals surface area contributed by atoms with Gasteiger partial charge in [-0.1, -0.05) is 44.9 Å². The fourth-order valence-corrected chi connectivity index (χ4v) is 2.60. The van der Waals surface area contributed by atoms with Crippen LogP contribution in [0.3, 0.4) is 0 Å². The monoisotopic (exact) mass is 285 g/mol. The van der Waals surface area contributed by atoms with Crippen molar-refractivity contribution < 1.29 is 0 Å². The Kier molecular flexibility index (Phi) is 6.00. The minimum atomic E-state index is 0.544. The van der Waals surface area contributed by atoms with Crippen molar-refractivity contribution in [3.05, 3.63) is 35.9 Å². The maximum atomic E-state index is 5.97. The van der Waals surface area contributed by atoms with Gasteiger partial charge in [0.25, 0.3) is 0 Å². The first-order valence-electron chi connectivity index (χ1n) is 8.13. The predicted octanol–water partition coefficient (Wildman–Crippen LogP) is 4.10. The summed E-state index contributed by atoms with van der Waals surface area (Å²) in [6.45, 7) is 7.14. The molecule has 1 heterocycles. The molecule has 0 atom stereocenters. The first-order chi connectivity index (χ1) is 10.3. The molecule has 0 spiro atoms. The summed E-state index contributed by atoms with van der Waals surface area (Å²) >= 11 is 0. The number of pyridine rings is 1.